The highest BCUT2D eigenvalue weighted by Gasteiger charge is 2.24. The molecule has 186 valence electrons. The molecule has 0 bridgehead atoms. The summed E-state index contributed by atoms with van der Waals surface area (Å²) < 4.78 is 42.2. The number of carboxylic acids is 1. The molecule has 0 aliphatic carbocycles. The Labute approximate surface area is 204 Å². The molecule has 3 rings (SSSR count). The molecule has 0 spiro atoms. The smallest absolute Gasteiger partial charge is 0.407 e. The summed E-state index contributed by atoms with van der Waals surface area (Å²) in [6.45, 7) is 5.22. The lowest BCUT2D eigenvalue weighted by Crippen LogP contribution is -2.34. The van der Waals surface area contributed by atoms with E-state index in [0.29, 0.717) is 16.0 Å². The monoisotopic (exact) mass is 503 g/mol. The van der Waals surface area contributed by atoms with Crippen LogP contribution >= 0.6 is 0 Å². The zero-order valence-electron chi connectivity index (χ0n) is 19.5. The van der Waals surface area contributed by atoms with Crippen molar-refractivity contribution < 1.29 is 37.2 Å². The number of amides is 1. The van der Waals surface area contributed by atoms with Gasteiger partial charge in [0.05, 0.1) is 35.6 Å². The molecular weight excluding hydrogens is 477 g/mol. The molecule has 1 atom stereocenters. The Morgan fingerprint density at radius 2 is 1.83 bits per heavy atom. The quantitative estimate of drug-likeness (QED) is 0.395. The molecule has 0 fully saturated rings. The number of carboxylic acid groups (broad SMARTS) is 1. The summed E-state index contributed by atoms with van der Waals surface area (Å²) in [6, 6.07) is 10.1. The zero-order chi connectivity index (χ0) is 25.6. The van der Waals surface area contributed by atoms with Gasteiger partial charge in [0.1, 0.15) is 29.3 Å². The Morgan fingerprint density at radius 1 is 1.11 bits per heavy atom. The van der Waals surface area contributed by atoms with Gasteiger partial charge in [-0.15, -0.1) is 0 Å². The van der Waals surface area contributed by atoms with Crippen LogP contribution in [0.15, 0.2) is 64.3 Å². The number of halogens is 1. The van der Waals surface area contributed by atoms with Gasteiger partial charge in [0.2, 0.25) is 0 Å². The largest absolute Gasteiger partial charge is 0.490 e. The molecule has 1 aromatic heterocycles. The topological polar surface area (TPSA) is 115 Å². The van der Waals surface area contributed by atoms with Crippen LogP contribution in [0.25, 0.3) is 11.1 Å². The average Bonchev–Trinajstić information content (AvgIpc) is 3.30. The Kier molecular flexibility index (Phi) is 8.29. The minimum absolute atomic E-state index is 0.0467. The molecular formula is C25H26FNO7S. The van der Waals surface area contributed by atoms with Crippen LogP contribution in [0.2, 0.25) is 0 Å². The summed E-state index contributed by atoms with van der Waals surface area (Å²) in [5, 5.41) is 12.6. The van der Waals surface area contributed by atoms with Crippen LogP contribution in [0.5, 0.6) is 5.75 Å². The molecule has 1 amide bonds. The number of carbonyl (C=O) groups excluding carboxylic acids is 1. The van der Waals surface area contributed by atoms with Gasteiger partial charge in [0.25, 0.3) is 0 Å². The van der Waals surface area contributed by atoms with Crippen molar-refractivity contribution in [2.75, 3.05) is 13.2 Å². The van der Waals surface area contributed by atoms with Gasteiger partial charge in [0.15, 0.2) is 0 Å². The lowest BCUT2D eigenvalue weighted by atomic mass is 9.99. The molecule has 8 nitrogen and oxygen atoms in total. The van der Waals surface area contributed by atoms with Gasteiger partial charge >= 0.3 is 12.1 Å². The van der Waals surface area contributed by atoms with E-state index in [9.17, 15) is 23.3 Å². The van der Waals surface area contributed by atoms with E-state index in [1.807, 2.05) is 0 Å². The van der Waals surface area contributed by atoms with Crippen molar-refractivity contribution in [1.82, 2.24) is 5.32 Å². The van der Waals surface area contributed by atoms with E-state index in [0.717, 1.165) is 0 Å². The van der Waals surface area contributed by atoms with Gasteiger partial charge in [-0.1, -0.05) is 12.1 Å². The Morgan fingerprint density at radius 3 is 2.43 bits per heavy atom. The van der Waals surface area contributed by atoms with Crippen LogP contribution in [0.1, 0.15) is 36.7 Å². The first kappa shape index (κ1) is 26.0. The maximum atomic E-state index is 13.2. The highest BCUT2D eigenvalue weighted by molar-refractivity contribution is 7.84. The summed E-state index contributed by atoms with van der Waals surface area (Å²) in [5.41, 5.74) is 0.516. The number of aromatic carboxylic acids is 1. The summed E-state index contributed by atoms with van der Waals surface area (Å²) in [6.07, 6.45) is 2.27. The van der Waals surface area contributed by atoms with Crippen molar-refractivity contribution >= 4 is 22.9 Å². The minimum atomic E-state index is -1.62. The molecule has 1 unspecified atom stereocenters. The Bertz CT molecular complexity index is 1200. The van der Waals surface area contributed by atoms with Gasteiger partial charge in [-0.05, 0) is 56.7 Å². The molecule has 0 aliphatic rings. The van der Waals surface area contributed by atoms with Crippen LogP contribution in [-0.4, -0.2) is 40.1 Å². The molecule has 35 heavy (non-hydrogen) atoms. The number of rotatable bonds is 9. The van der Waals surface area contributed by atoms with Crippen LogP contribution in [0.3, 0.4) is 0 Å². The van der Waals surface area contributed by atoms with Gasteiger partial charge in [-0.3, -0.25) is 4.21 Å². The number of alkyl carbamates (subject to hydrolysis) is 1. The number of benzene rings is 2. The first-order chi connectivity index (χ1) is 16.5. The van der Waals surface area contributed by atoms with E-state index in [4.69, 9.17) is 13.9 Å². The minimum Gasteiger partial charge on any atom is -0.490 e. The first-order valence-corrected chi connectivity index (χ1v) is 12.0. The van der Waals surface area contributed by atoms with E-state index < -0.39 is 34.3 Å². The second-order valence-electron chi connectivity index (χ2n) is 8.51. The lowest BCUT2D eigenvalue weighted by molar-refractivity contribution is 0.0518. The van der Waals surface area contributed by atoms with E-state index in [2.05, 4.69) is 5.32 Å². The number of hydrogen-bond donors (Lipinski definition) is 2. The second kappa shape index (κ2) is 11.2. The third-order valence-electron chi connectivity index (χ3n) is 4.67. The van der Waals surface area contributed by atoms with Gasteiger partial charge in [0, 0.05) is 16.0 Å². The van der Waals surface area contributed by atoms with Crippen molar-refractivity contribution in [3.63, 3.8) is 0 Å². The maximum Gasteiger partial charge on any atom is 0.407 e. The Hall–Kier alpha value is -3.66. The molecule has 2 aromatic carbocycles. The zero-order valence-corrected chi connectivity index (χ0v) is 20.3. The summed E-state index contributed by atoms with van der Waals surface area (Å²) >= 11 is 0. The number of carbonyl (C=O) groups is 2. The number of nitrogens with one attached hydrogen (secondary N) is 1. The second-order valence-corrected chi connectivity index (χ2v) is 9.97. The number of ether oxygens (including phenoxy) is 2. The fraction of sp³-hybridized carbons (Fsp3) is 0.280. The van der Waals surface area contributed by atoms with E-state index in [1.54, 1.807) is 39.0 Å². The molecule has 0 saturated heterocycles. The van der Waals surface area contributed by atoms with Crippen LogP contribution in [0, 0.1) is 5.82 Å². The summed E-state index contributed by atoms with van der Waals surface area (Å²) in [7, 11) is -1.62. The van der Waals surface area contributed by atoms with Crippen molar-refractivity contribution in [3.8, 4) is 16.9 Å². The summed E-state index contributed by atoms with van der Waals surface area (Å²) in [5.74, 6) is -1.79. The third-order valence-corrected chi connectivity index (χ3v) is 6.04. The van der Waals surface area contributed by atoms with Crippen molar-refractivity contribution in [1.29, 1.82) is 0 Å². The van der Waals surface area contributed by atoms with Crippen LogP contribution in [-0.2, 0) is 21.3 Å². The molecule has 2 N–H and O–H groups in total. The maximum absolute atomic E-state index is 13.2. The van der Waals surface area contributed by atoms with Crippen LogP contribution < -0.4 is 10.1 Å². The number of hydrogen-bond acceptors (Lipinski definition) is 6. The predicted molar refractivity (Wildman–Crippen MR) is 127 cm³/mol. The third kappa shape index (κ3) is 7.16. The normalized spacial score (nSPS) is 12.1. The molecule has 0 saturated carbocycles. The molecule has 1 heterocycles. The van der Waals surface area contributed by atoms with E-state index >= 15 is 0 Å². The fourth-order valence-corrected chi connectivity index (χ4v) is 4.33. The van der Waals surface area contributed by atoms with Crippen molar-refractivity contribution in [3.05, 3.63) is 71.9 Å². The highest BCUT2D eigenvalue weighted by Crippen LogP contribution is 2.36. The predicted octanol–water partition coefficient (Wildman–Crippen LogP) is 5.00. The van der Waals surface area contributed by atoms with E-state index in [-0.39, 0.29) is 35.8 Å². The lowest BCUT2D eigenvalue weighted by Gasteiger charge is -2.20. The molecule has 3 aromatic rings. The van der Waals surface area contributed by atoms with Crippen LogP contribution in [0.4, 0.5) is 9.18 Å². The van der Waals surface area contributed by atoms with Crippen molar-refractivity contribution in [2.45, 2.75) is 37.0 Å². The molecule has 10 heteroatoms. The molecule has 0 aliphatic heterocycles. The highest BCUT2D eigenvalue weighted by atomic mass is 32.2. The number of furan rings is 1. The van der Waals surface area contributed by atoms with Gasteiger partial charge in [-0.25, -0.2) is 14.0 Å². The average molecular weight is 504 g/mol. The first-order valence-electron chi connectivity index (χ1n) is 10.7. The molecule has 0 radical (unpaired) electrons. The van der Waals surface area contributed by atoms with Gasteiger partial charge < -0.3 is 24.3 Å². The standard InChI is InChI=1S/C25H26FNO7S/c1-25(2,3)34-24(30)27-11-13-33-22-20(16-10-12-32-14-16)9-4-17(21(22)23(28)29)15-35(31)19-7-5-18(26)6-8-19/h4-10,12,14H,11,13,15H2,1-3H3,(H,27,30)(H,28,29). The SMILES string of the molecule is CC(C)(C)OC(=O)NCCOc1c(-c2ccoc2)ccc(CS(=O)c2ccc(F)cc2)c1C(=O)O. The van der Waals surface area contributed by atoms with Gasteiger partial charge in [-0.2, -0.15) is 0 Å². The Balaban J connectivity index is 1.87. The van der Waals surface area contributed by atoms with E-state index in [1.165, 1.54) is 36.8 Å². The van der Waals surface area contributed by atoms with Crippen molar-refractivity contribution in [2.24, 2.45) is 0 Å². The fourth-order valence-electron chi connectivity index (χ4n) is 3.20. The summed E-state index contributed by atoms with van der Waals surface area (Å²) in [4.78, 5) is 24.5.